The van der Waals surface area contributed by atoms with Crippen LogP contribution in [-0.2, 0) is 0 Å². The van der Waals surface area contributed by atoms with Crippen LogP contribution in [0, 0.1) is 24.2 Å². The number of nitriles is 1. The molecule has 4 heteroatoms. The van der Waals surface area contributed by atoms with E-state index in [9.17, 15) is 0 Å². The number of hydrogen-bond donors (Lipinski definition) is 1. The number of nitrogens with two attached hydrogens (primary N) is 1. The third kappa shape index (κ3) is 2.80. The van der Waals surface area contributed by atoms with Gasteiger partial charge in [-0.3, -0.25) is 0 Å². The summed E-state index contributed by atoms with van der Waals surface area (Å²) in [5.41, 5.74) is 7.15. The van der Waals surface area contributed by atoms with Crippen LogP contribution < -0.4 is 10.5 Å². The van der Waals surface area contributed by atoms with Gasteiger partial charge < -0.3 is 10.5 Å². The molecule has 0 spiro atoms. The van der Waals surface area contributed by atoms with E-state index >= 15 is 0 Å². The normalized spacial score (nSPS) is 23.4. The third-order valence-electron chi connectivity index (χ3n) is 3.53. The molecule has 0 radical (unpaired) electrons. The molecule has 2 rings (SSSR count). The van der Waals surface area contributed by atoms with Gasteiger partial charge in [-0.15, -0.1) is 0 Å². The van der Waals surface area contributed by atoms with E-state index in [2.05, 4.69) is 11.1 Å². The van der Waals surface area contributed by atoms with Crippen molar-refractivity contribution in [1.82, 2.24) is 4.98 Å². The first-order valence-corrected chi connectivity index (χ1v) is 6.49. The Morgan fingerprint density at radius 1 is 1.44 bits per heavy atom. The quantitative estimate of drug-likeness (QED) is 0.885. The van der Waals surface area contributed by atoms with Crippen LogP contribution in [0.15, 0.2) is 12.1 Å². The lowest BCUT2D eigenvalue weighted by atomic mass is 9.86. The van der Waals surface area contributed by atoms with E-state index in [-0.39, 0.29) is 6.10 Å². The second-order valence-electron chi connectivity index (χ2n) is 4.85. The van der Waals surface area contributed by atoms with Crippen molar-refractivity contribution in [1.29, 1.82) is 5.26 Å². The van der Waals surface area contributed by atoms with Gasteiger partial charge in [0.05, 0.1) is 0 Å². The van der Waals surface area contributed by atoms with Gasteiger partial charge >= 0.3 is 0 Å². The molecule has 0 bridgehead atoms. The minimum atomic E-state index is 0.102. The minimum Gasteiger partial charge on any atom is -0.473 e. The van der Waals surface area contributed by atoms with Crippen molar-refractivity contribution in [2.45, 2.75) is 38.7 Å². The van der Waals surface area contributed by atoms with Gasteiger partial charge in [-0.05, 0) is 44.9 Å². The van der Waals surface area contributed by atoms with Gasteiger partial charge in [0.25, 0.3) is 0 Å². The van der Waals surface area contributed by atoms with Gasteiger partial charge in [-0.2, -0.15) is 5.26 Å². The van der Waals surface area contributed by atoms with Crippen molar-refractivity contribution < 1.29 is 4.74 Å². The van der Waals surface area contributed by atoms with E-state index in [1.165, 1.54) is 6.42 Å². The van der Waals surface area contributed by atoms with Crippen molar-refractivity contribution in [3.05, 3.63) is 23.4 Å². The van der Waals surface area contributed by atoms with Crippen LogP contribution in [0.4, 0.5) is 0 Å². The number of ether oxygens (including phenoxy) is 1. The van der Waals surface area contributed by atoms with E-state index in [1.807, 2.05) is 13.0 Å². The van der Waals surface area contributed by atoms with Crippen molar-refractivity contribution in [2.24, 2.45) is 11.7 Å². The summed E-state index contributed by atoms with van der Waals surface area (Å²) in [4.78, 5) is 4.32. The molecule has 0 saturated heterocycles. The summed E-state index contributed by atoms with van der Waals surface area (Å²) in [6.07, 6.45) is 4.59. The molecule has 0 amide bonds. The van der Waals surface area contributed by atoms with Crippen LogP contribution in [-0.4, -0.2) is 17.6 Å². The predicted molar refractivity (Wildman–Crippen MR) is 69.1 cm³/mol. The topological polar surface area (TPSA) is 71.9 Å². The number of nitrogens with zero attached hydrogens (tertiary/aromatic N) is 2. The Morgan fingerprint density at radius 2 is 2.22 bits per heavy atom. The summed E-state index contributed by atoms with van der Waals surface area (Å²) < 4.78 is 5.95. The van der Waals surface area contributed by atoms with E-state index in [0.29, 0.717) is 23.9 Å². The Balaban J connectivity index is 2.17. The first kappa shape index (κ1) is 12.8. The Kier molecular flexibility index (Phi) is 4.16. The van der Waals surface area contributed by atoms with E-state index in [1.54, 1.807) is 6.07 Å². The second kappa shape index (κ2) is 5.83. The summed E-state index contributed by atoms with van der Waals surface area (Å²) >= 11 is 0. The fourth-order valence-corrected chi connectivity index (χ4v) is 2.45. The monoisotopic (exact) mass is 245 g/mol. The van der Waals surface area contributed by atoms with Crippen LogP contribution in [0.5, 0.6) is 5.88 Å². The molecule has 4 nitrogen and oxygen atoms in total. The zero-order valence-electron chi connectivity index (χ0n) is 10.7. The lowest BCUT2D eigenvalue weighted by Crippen LogP contribution is -2.35. The number of rotatable bonds is 3. The average molecular weight is 245 g/mol. The molecule has 1 saturated carbocycles. The molecule has 1 fully saturated rings. The number of hydrogen-bond acceptors (Lipinski definition) is 4. The zero-order valence-corrected chi connectivity index (χ0v) is 10.7. The Hall–Kier alpha value is -1.60. The van der Waals surface area contributed by atoms with E-state index < -0.39 is 0 Å². The van der Waals surface area contributed by atoms with E-state index in [4.69, 9.17) is 15.7 Å². The van der Waals surface area contributed by atoms with Crippen molar-refractivity contribution >= 4 is 0 Å². The molecule has 0 aromatic carbocycles. The highest BCUT2D eigenvalue weighted by atomic mass is 16.5. The van der Waals surface area contributed by atoms with Crippen molar-refractivity contribution in [2.75, 3.05) is 6.54 Å². The Labute approximate surface area is 108 Å². The summed E-state index contributed by atoms with van der Waals surface area (Å²) in [5, 5.41) is 9.07. The van der Waals surface area contributed by atoms with Gasteiger partial charge in [0.15, 0.2) is 0 Å². The number of aromatic nitrogens is 1. The fraction of sp³-hybridized carbons (Fsp3) is 0.571. The standard InChI is InChI=1S/C14H19N3O/c1-10-6-7-12(9-16)14(17-10)18-13-5-3-2-4-11(13)8-15/h6-7,11,13H,2-5,8,15H2,1H3. The number of aryl methyl sites for hydroxylation is 1. The molecule has 2 N–H and O–H groups in total. The maximum atomic E-state index is 9.07. The van der Waals surface area contributed by atoms with Crippen LogP contribution >= 0.6 is 0 Å². The summed E-state index contributed by atoms with van der Waals surface area (Å²) in [6, 6.07) is 5.71. The van der Waals surface area contributed by atoms with Gasteiger partial charge in [0.2, 0.25) is 5.88 Å². The van der Waals surface area contributed by atoms with Gasteiger partial charge in [0.1, 0.15) is 17.7 Å². The lowest BCUT2D eigenvalue weighted by molar-refractivity contribution is 0.0918. The smallest absolute Gasteiger partial charge is 0.232 e. The first-order chi connectivity index (χ1) is 8.74. The molecule has 96 valence electrons. The molecule has 2 atom stereocenters. The fourth-order valence-electron chi connectivity index (χ4n) is 2.45. The Bertz CT molecular complexity index is 453. The second-order valence-corrected chi connectivity index (χ2v) is 4.85. The molecule has 1 aromatic rings. The van der Waals surface area contributed by atoms with Crippen LogP contribution in [0.2, 0.25) is 0 Å². The maximum absolute atomic E-state index is 9.07. The molecule has 1 heterocycles. The maximum Gasteiger partial charge on any atom is 0.232 e. The summed E-state index contributed by atoms with van der Waals surface area (Å²) in [7, 11) is 0. The molecular formula is C14H19N3O. The minimum absolute atomic E-state index is 0.102. The van der Waals surface area contributed by atoms with Crippen LogP contribution in [0.3, 0.4) is 0 Å². The molecule has 1 aliphatic carbocycles. The van der Waals surface area contributed by atoms with Gasteiger partial charge in [-0.25, -0.2) is 4.98 Å². The highest BCUT2D eigenvalue weighted by Gasteiger charge is 2.26. The molecule has 1 aromatic heterocycles. The van der Waals surface area contributed by atoms with E-state index in [0.717, 1.165) is 25.0 Å². The van der Waals surface area contributed by atoms with Gasteiger partial charge in [-0.1, -0.05) is 6.42 Å². The number of pyridine rings is 1. The molecule has 1 aliphatic rings. The van der Waals surface area contributed by atoms with Gasteiger partial charge in [0, 0.05) is 11.6 Å². The van der Waals surface area contributed by atoms with Crippen molar-refractivity contribution in [3.8, 4) is 11.9 Å². The Morgan fingerprint density at radius 3 is 2.94 bits per heavy atom. The molecule has 18 heavy (non-hydrogen) atoms. The SMILES string of the molecule is Cc1ccc(C#N)c(OC2CCCCC2CN)n1. The third-order valence-corrected chi connectivity index (χ3v) is 3.53. The molecular weight excluding hydrogens is 226 g/mol. The summed E-state index contributed by atoms with van der Waals surface area (Å²) in [5.74, 6) is 0.843. The highest BCUT2D eigenvalue weighted by molar-refractivity contribution is 5.38. The van der Waals surface area contributed by atoms with Crippen LogP contribution in [0.25, 0.3) is 0 Å². The molecule has 0 aliphatic heterocycles. The average Bonchev–Trinajstić information content (AvgIpc) is 2.40. The predicted octanol–water partition coefficient (Wildman–Crippen LogP) is 2.16. The molecule has 2 unspecified atom stereocenters. The highest BCUT2D eigenvalue weighted by Crippen LogP contribution is 2.28. The summed E-state index contributed by atoms with van der Waals surface area (Å²) in [6.45, 7) is 2.54. The lowest BCUT2D eigenvalue weighted by Gasteiger charge is -2.30. The zero-order chi connectivity index (χ0) is 13.0. The van der Waals surface area contributed by atoms with Crippen molar-refractivity contribution in [3.63, 3.8) is 0 Å². The largest absolute Gasteiger partial charge is 0.473 e. The van der Waals surface area contributed by atoms with Crippen LogP contribution in [0.1, 0.15) is 36.9 Å². The first-order valence-electron chi connectivity index (χ1n) is 6.49.